The van der Waals surface area contributed by atoms with E-state index in [1.807, 2.05) is 13.8 Å². The molecule has 3 rings (SSSR count). The summed E-state index contributed by atoms with van der Waals surface area (Å²) in [6.07, 6.45) is 0.857. The first-order chi connectivity index (χ1) is 16.8. The lowest BCUT2D eigenvalue weighted by Crippen LogP contribution is -2.49. The summed E-state index contributed by atoms with van der Waals surface area (Å²) in [5, 5.41) is 2.49. The van der Waals surface area contributed by atoms with Crippen LogP contribution in [0, 0.1) is 11.7 Å². The van der Waals surface area contributed by atoms with Crippen LogP contribution in [0.4, 0.5) is 9.18 Å². The zero-order valence-corrected chi connectivity index (χ0v) is 18.1. The lowest BCUT2D eigenvalue weighted by atomic mass is 10.0. The van der Waals surface area contributed by atoms with Gasteiger partial charge >= 0.3 is 6.03 Å². The molecule has 1 aliphatic rings. The van der Waals surface area contributed by atoms with E-state index >= 15 is 0 Å². The minimum Gasteiger partial charge on any atom is -0.493 e. The summed E-state index contributed by atoms with van der Waals surface area (Å²) in [5.41, 5.74) is 0.962. The number of carbonyl (C=O) groups is 1. The van der Waals surface area contributed by atoms with E-state index in [0.29, 0.717) is 49.8 Å². The molecule has 2 amide bonds. The molecular weight excluding hydrogens is 393 g/mol. The maximum Gasteiger partial charge on any atom is 0.318 e. The number of hydrogen-bond acceptors (Lipinski definition) is 3. The molecule has 2 aromatic rings. The highest BCUT2D eigenvalue weighted by atomic mass is 19.1. The molecule has 0 bridgehead atoms. The first-order valence-corrected chi connectivity index (χ1v) is 10.7. The van der Waals surface area contributed by atoms with Crippen LogP contribution in [-0.2, 0) is 13.0 Å². The van der Waals surface area contributed by atoms with Crippen LogP contribution in [0.15, 0.2) is 48.5 Å². The van der Waals surface area contributed by atoms with E-state index in [2.05, 4.69) is 5.32 Å². The molecule has 168 valence electrons. The van der Waals surface area contributed by atoms with Crippen LogP contribution in [0.1, 0.15) is 44.7 Å². The second kappa shape index (κ2) is 11.1. The molecule has 1 fully saturated rings. The van der Waals surface area contributed by atoms with Crippen LogP contribution in [0.25, 0.3) is 0 Å². The molecular formula is C25H34FN3O2. The Bertz CT molecular complexity index is 992. The molecule has 1 N–H and O–H groups in total. The fourth-order valence-electron chi connectivity index (χ4n) is 3.43. The number of urea groups is 1. The van der Waals surface area contributed by atoms with Crippen molar-refractivity contribution in [3.63, 3.8) is 0 Å². The summed E-state index contributed by atoms with van der Waals surface area (Å²) in [4.78, 5) is 16.3. The van der Waals surface area contributed by atoms with Crippen molar-refractivity contribution in [3.05, 3.63) is 65.5 Å². The van der Waals surface area contributed by atoms with Crippen molar-refractivity contribution in [3.8, 4) is 5.75 Å². The second-order valence-corrected chi connectivity index (χ2v) is 8.26. The highest BCUT2D eigenvalue weighted by Gasteiger charge is 2.27. The average Bonchev–Trinajstić information content (AvgIpc) is 2.82. The number of amides is 2. The lowest BCUT2D eigenvalue weighted by molar-refractivity contribution is 0.127. The largest absolute Gasteiger partial charge is 0.493 e. The number of benzene rings is 2. The van der Waals surface area contributed by atoms with Gasteiger partial charge in [0.1, 0.15) is 11.6 Å². The molecule has 5 nitrogen and oxygen atoms in total. The Balaban J connectivity index is 1.74. The molecule has 0 spiro atoms. The summed E-state index contributed by atoms with van der Waals surface area (Å²) in [7, 11) is 0. The van der Waals surface area contributed by atoms with Crippen molar-refractivity contribution < 1.29 is 20.8 Å². The van der Waals surface area contributed by atoms with Gasteiger partial charge in [-0.2, -0.15) is 0 Å². The maximum atomic E-state index is 13.4. The van der Waals surface area contributed by atoms with Gasteiger partial charge in [-0.1, -0.05) is 38.1 Å². The first kappa shape index (κ1) is 17.0. The van der Waals surface area contributed by atoms with Crippen molar-refractivity contribution in [2.45, 2.75) is 45.8 Å². The van der Waals surface area contributed by atoms with Crippen LogP contribution in [-0.4, -0.2) is 48.5 Å². The van der Waals surface area contributed by atoms with Gasteiger partial charge in [0, 0.05) is 23.2 Å². The van der Waals surface area contributed by atoms with E-state index in [1.54, 1.807) is 36.4 Å². The summed E-state index contributed by atoms with van der Waals surface area (Å²) in [6.45, 7) is 0.981. The number of halogens is 1. The predicted molar refractivity (Wildman–Crippen MR) is 121 cm³/mol. The number of ether oxygens (including phenoxy) is 1. The number of likely N-dealkylation sites (tertiary alicyclic amines) is 1. The van der Waals surface area contributed by atoms with E-state index in [1.165, 1.54) is 21.9 Å². The van der Waals surface area contributed by atoms with Gasteiger partial charge in [-0.3, -0.25) is 0 Å². The van der Waals surface area contributed by atoms with Crippen LogP contribution < -0.4 is 10.1 Å². The topological polar surface area (TPSA) is 44.8 Å². The van der Waals surface area contributed by atoms with Gasteiger partial charge < -0.3 is 19.9 Å². The van der Waals surface area contributed by atoms with E-state index in [4.69, 9.17) is 11.6 Å². The summed E-state index contributed by atoms with van der Waals surface area (Å²) >= 11 is 0. The number of rotatable bonds is 8. The fourth-order valence-corrected chi connectivity index (χ4v) is 3.43. The van der Waals surface area contributed by atoms with E-state index in [-0.39, 0.29) is 18.2 Å². The molecule has 1 heterocycles. The molecule has 1 saturated heterocycles. The quantitative estimate of drug-likeness (QED) is 0.660. The second-order valence-electron chi connectivity index (χ2n) is 8.26. The summed E-state index contributed by atoms with van der Waals surface area (Å²) < 4.78 is 59.0. The van der Waals surface area contributed by atoms with Gasteiger partial charge in [-0.25, -0.2) is 9.18 Å². The van der Waals surface area contributed by atoms with Gasteiger partial charge in [-0.15, -0.1) is 0 Å². The third kappa shape index (κ3) is 7.24. The molecule has 1 aliphatic heterocycles. The smallest absolute Gasteiger partial charge is 0.318 e. The molecule has 6 heteroatoms. The van der Waals surface area contributed by atoms with Gasteiger partial charge in [0.15, 0.2) is 0 Å². The van der Waals surface area contributed by atoms with Gasteiger partial charge in [0.2, 0.25) is 0 Å². The molecule has 31 heavy (non-hydrogen) atoms. The van der Waals surface area contributed by atoms with E-state index in [0.717, 1.165) is 0 Å². The van der Waals surface area contributed by atoms with Gasteiger partial charge in [-0.05, 0) is 74.2 Å². The number of nitrogens with zero attached hydrogens (tertiary/aromatic N) is 2. The average molecular weight is 433 g/mol. The third-order valence-electron chi connectivity index (χ3n) is 5.18. The standard InChI is InChI=1S/C25H34FN3O2/c1-19(2)18-31-24-10-6-20(7-11-24)16-27-25(30)29(23-12-14-28(3)15-13-23)17-21-4-8-22(26)9-5-21/h4-11,19,23H,12-18H2,1-3H3,(H,27,30)/i3D3,16D2. The fraction of sp³-hybridized carbons (Fsp3) is 0.480. The van der Waals surface area contributed by atoms with Crippen molar-refractivity contribution in [1.29, 1.82) is 0 Å². The van der Waals surface area contributed by atoms with Gasteiger partial charge in [0.25, 0.3) is 0 Å². The van der Waals surface area contributed by atoms with E-state index < -0.39 is 25.3 Å². The SMILES string of the molecule is [2H]C([2H])(NC(=O)N(Cc1ccc(F)cc1)C1CCN(C([2H])([2H])[2H])CC1)c1ccc(OCC(C)C)cc1. The number of nitrogens with one attached hydrogen (secondary N) is 1. The number of hydrogen-bond donors (Lipinski definition) is 1. The predicted octanol–water partition coefficient (Wildman–Crippen LogP) is 4.67. The van der Waals surface area contributed by atoms with Crippen molar-refractivity contribution in [2.24, 2.45) is 5.92 Å². The minimum absolute atomic E-state index is 0.141. The Kier molecular flexibility index (Phi) is 6.12. The Labute approximate surface area is 192 Å². The minimum atomic E-state index is -2.20. The van der Waals surface area contributed by atoms with Crippen LogP contribution in [0.5, 0.6) is 5.75 Å². The van der Waals surface area contributed by atoms with Gasteiger partial charge in [0.05, 0.1) is 9.35 Å². The molecule has 0 atom stereocenters. The van der Waals surface area contributed by atoms with Crippen molar-refractivity contribution >= 4 is 6.03 Å². The summed E-state index contributed by atoms with van der Waals surface area (Å²) in [6, 6.07) is 11.4. The van der Waals surface area contributed by atoms with Crippen molar-refractivity contribution in [1.82, 2.24) is 15.1 Å². The number of piperidine rings is 1. The molecule has 0 aliphatic carbocycles. The zero-order valence-electron chi connectivity index (χ0n) is 23.1. The Morgan fingerprint density at radius 2 is 1.84 bits per heavy atom. The zero-order chi connectivity index (χ0) is 26.5. The molecule has 0 saturated carbocycles. The molecule has 0 unspecified atom stereocenters. The first-order valence-electron chi connectivity index (χ1n) is 13.2. The monoisotopic (exact) mass is 432 g/mol. The Morgan fingerprint density at radius 1 is 1.19 bits per heavy atom. The molecule has 0 radical (unpaired) electrons. The van der Waals surface area contributed by atoms with Crippen molar-refractivity contribution in [2.75, 3.05) is 26.7 Å². The maximum absolute atomic E-state index is 13.4. The van der Waals surface area contributed by atoms with E-state index in [9.17, 15) is 9.18 Å². The lowest BCUT2D eigenvalue weighted by Gasteiger charge is -2.37. The van der Waals surface area contributed by atoms with Crippen LogP contribution in [0.3, 0.4) is 0 Å². The highest BCUT2D eigenvalue weighted by molar-refractivity contribution is 5.74. The number of carbonyl (C=O) groups excluding carboxylic acids is 1. The Morgan fingerprint density at radius 3 is 2.45 bits per heavy atom. The van der Waals surface area contributed by atoms with Crippen LogP contribution >= 0.6 is 0 Å². The molecule has 2 aromatic carbocycles. The normalized spacial score (nSPS) is 18.4. The Hall–Kier alpha value is -2.60. The van der Waals surface area contributed by atoms with Crippen LogP contribution in [0.2, 0.25) is 0 Å². The summed E-state index contributed by atoms with van der Waals surface area (Å²) in [5.74, 6) is 0.584. The third-order valence-corrected chi connectivity index (χ3v) is 5.18. The molecule has 0 aromatic heterocycles. The highest BCUT2D eigenvalue weighted by Crippen LogP contribution is 2.19.